The number of benzene rings is 2. The van der Waals surface area contributed by atoms with Gasteiger partial charge in [0.2, 0.25) is 10.0 Å². The van der Waals surface area contributed by atoms with Crippen molar-refractivity contribution in [1.82, 2.24) is 9.29 Å². The number of nitro groups is 1. The van der Waals surface area contributed by atoms with E-state index in [0.29, 0.717) is 13.1 Å². The number of anilines is 1. The molecule has 1 aliphatic heterocycles. The quantitative estimate of drug-likeness (QED) is 0.379. The van der Waals surface area contributed by atoms with Gasteiger partial charge in [0, 0.05) is 44.0 Å². The number of aromatic nitrogens is 1. The Balaban J connectivity index is 1.43. The van der Waals surface area contributed by atoms with Crippen LogP contribution in [0.1, 0.15) is 16.8 Å². The van der Waals surface area contributed by atoms with E-state index in [1.165, 1.54) is 27.6 Å². The second kappa shape index (κ2) is 9.14. The average molecular weight is 493 g/mol. The maximum Gasteiger partial charge on any atom is 0.289 e. The first-order valence-electron chi connectivity index (χ1n) is 9.93. The minimum atomic E-state index is -3.85. The standard InChI is InChI=1S/C21H21ClN4O4S2/c1-15-4-2-3-5-16(15)12-17-14-31-21(23-17)24-8-10-25(11-9-24)32(29,30)18-6-7-19(22)20(13-18)26(27)28/h2-7,13-14H,8-12H2,1H3. The Labute approximate surface area is 195 Å². The number of rotatable bonds is 6. The highest BCUT2D eigenvalue weighted by atomic mass is 35.5. The van der Waals surface area contributed by atoms with E-state index >= 15 is 0 Å². The SMILES string of the molecule is Cc1ccccc1Cc1csc(N2CCN(S(=O)(=O)c3ccc(Cl)c([N+](=O)[O-])c3)CC2)n1. The number of piperazine rings is 1. The van der Waals surface area contributed by atoms with Gasteiger partial charge in [-0.15, -0.1) is 11.3 Å². The van der Waals surface area contributed by atoms with Crippen LogP contribution in [-0.4, -0.2) is 48.8 Å². The second-order valence-electron chi connectivity index (χ2n) is 7.49. The molecule has 168 valence electrons. The van der Waals surface area contributed by atoms with Gasteiger partial charge in [0.25, 0.3) is 5.69 Å². The van der Waals surface area contributed by atoms with Crippen molar-refractivity contribution in [3.8, 4) is 0 Å². The summed E-state index contributed by atoms with van der Waals surface area (Å²) in [4.78, 5) is 17.1. The summed E-state index contributed by atoms with van der Waals surface area (Å²) in [5.74, 6) is 0. The lowest BCUT2D eigenvalue weighted by Gasteiger charge is -2.33. The van der Waals surface area contributed by atoms with Crippen LogP contribution < -0.4 is 4.90 Å². The maximum atomic E-state index is 13.0. The van der Waals surface area contributed by atoms with E-state index in [9.17, 15) is 18.5 Å². The van der Waals surface area contributed by atoms with Crippen molar-refractivity contribution in [3.63, 3.8) is 0 Å². The molecule has 1 aromatic heterocycles. The van der Waals surface area contributed by atoms with E-state index in [1.807, 2.05) is 17.5 Å². The van der Waals surface area contributed by atoms with Crippen LogP contribution in [0.5, 0.6) is 0 Å². The normalized spacial score (nSPS) is 15.1. The van der Waals surface area contributed by atoms with Crippen LogP contribution >= 0.6 is 22.9 Å². The molecule has 4 rings (SSSR count). The summed E-state index contributed by atoms with van der Waals surface area (Å²) in [6.07, 6.45) is 0.757. The van der Waals surface area contributed by atoms with E-state index in [4.69, 9.17) is 16.6 Å². The van der Waals surface area contributed by atoms with Crippen LogP contribution in [0, 0.1) is 17.0 Å². The number of sulfonamides is 1. The highest BCUT2D eigenvalue weighted by molar-refractivity contribution is 7.89. The van der Waals surface area contributed by atoms with Crippen molar-refractivity contribution in [2.75, 3.05) is 31.1 Å². The number of halogens is 1. The van der Waals surface area contributed by atoms with Gasteiger partial charge in [0.1, 0.15) is 5.02 Å². The second-order valence-corrected chi connectivity index (χ2v) is 10.7. The van der Waals surface area contributed by atoms with Gasteiger partial charge in [-0.2, -0.15) is 4.31 Å². The Hall–Kier alpha value is -2.53. The van der Waals surface area contributed by atoms with Crippen LogP contribution in [-0.2, 0) is 16.4 Å². The minimum Gasteiger partial charge on any atom is -0.345 e. The Bertz CT molecular complexity index is 1250. The Morgan fingerprint density at radius 3 is 2.56 bits per heavy atom. The predicted octanol–water partition coefficient (Wildman–Crippen LogP) is 4.11. The van der Waals surface area contributed by atoms with Crippen LogP contribution in [0.4, 0.5) is 10.8 Å². The molecule has 0 bridgehead atoms. The summed E-state index contributed by atoms with van der Waals surface area (Å²) in [6.45, 7) is 3.60. The molecule has 2 aromatic carbocycles. The molecule has 8 nitrogen and oxygen atoms in total. The molecule has 3 aromatic rings. The van der Waals surface area contributed by atoms with Crippen molar-refractivity contribution >= 4 is 43.8 Å². The molecule has 2 heterocycles. The number of nitrogens with zero attached hydrogens (tertiary/aromatic N) is 4. The molecule has 1 saturated heterocycles. The van der Waals surface area contributed by atoms with Gasteiger partial charge in [-0.05, 0) is 30.2 Å². The molecule has 0 N–H and O–H groups in total. The molecule has 1 aliphatic rings. The lowest BCUT2D eigenvalue weighted by atomic mass is 10.1. The summed E-state index contributed by atoms with van der Waals surface area (Å²) in [5.41, 5.74) is 3.03. The molecule has 0 unspecified atom stereocenters. The summed E-state index contributed by atoms with van der Waals surface area (Å²) < 4.78 is 27.3. The lowest BCUT2D eigenvalue weighted by molar-refractivity contribution is -0.384. The van der Waals surface area contributed by atoms with Crippen molar-refractivity contribution in [2.24, 2.45) is 0 Å². The molecule has 0 aliphatic carbocycles. The van der Waals surface area contributed by atoms with Gasteiger partial charge in [-0.1, -0.05) is 35.9 Å². The molecule has 32 heavy (non-hydrogen) atoms. The fraction of sp³-hybridized carbons (Fsp3) is 0.286. The highest BCUT2D eigenvalue weighted by Gasteiger charge is 2.31. The first-order chi connectivity index (χ1) is 15.3. The number of hydrogen-bond acceptors (Lipinski definition) is 7. The van der Waals surface area contributed by atoms with E-state index < -0.39 is 20.6 Å². The summed E-state index contributed by atoms with van der Waals surface area (Å²) in [7, 11) is -3.85. The molecule has 0 spiro atoms. The van der Waals surface area contributed by atoms with E-state index in [0.717, 1.165) is 23.3 Å². The van der Waals surface area contributed by atoms with Crippen molar-refractivity contribution in [2.45, 2.75) is 18.2 Å². The molecule has 1 fully saturated rings. The van der Waals surface area contributed by atoms with Gasteiger partial charge >= 0.3 is 0 Å². The maximum absolute atomic E-state index is 13.0. The zero-order chi connectivity index (χ0) is 22.9. The number of nitro benzene ring substituents is 1. The first kappa shape index (κ1) is 22.7. The molecule has 0 saturated carbocycles. The largest absolute Gasteiger partial charge is 0.345 e. The minimum absolute atomic E-state index is 0.0935. The summed E-state index contributed by atoms with van der Waals surface area (Å²) in [6, 6.07) is 11.8. The predicted molar refractivity (Wildman–Crippen MR) is 125 cm³/mol. The van der Waals surface area contributed by atoms with Crippen LogP contribution in [0.25, 0.3) is 0 Å². The van der Waals surface area contributed by atoms with Gasteiger partial charge in [0.15, 0.2) is 5.13 Å². The lowest BCUT2D eigenvalue weighted by Crippen LogP contribution is -2.48. The van der Waals surface area contributed by atoms with Crippen LogP contribution in [0.15, 0.2) is 52.7 Å². The third-order valence-electron chi connectivity index (χ3n) is 5.43. The van der Waals surface area contributed by atoms with Crippen molar-refractivity contribution in [1.29, 1.82) is 0 Å². The third-order valence-corrected chi connectivity index (χ3v) is 8.60. The first-order valence-corrected chi connectivity index (χ1v) is 12.6. The molecule has 0 amide bonds. The van der Waals surface area contributed by atoms with Crippen molar-refractivity contribution < 1.29 is 13.3 Å². The Morgan fingerprint density at radius 1 is 1.16 bits per heavy atom. The molecule has 0 radical (unpaired) electrons. The smallest absolute Gasteiger partial charge is 0.289 e. The van der Waals surface area contributed by atoms with Gasteiger partial charge in [0.05, 0.1) is 15.5 Å². The average Bonchev–Trinajstić information content (AvgIpc) is 3.24. The Kier molecular flexibility index (Phi) is 6.47. The number of hydrogen-bond donors (Lipinski definition) is 0. The van der Waals surface area contributed by atoms with Gasteiger partial charge in [-0.3, -0.25) is 10.1 Å². The molecule has 11 heteroatoms. The van der Waals surface area contributed by atoms with E-state index in [2.05, 4.69) is 24.0 Å². The fourth-order valence-electron chi connectivity index (χ4n) is 3.59. The molecule has 0 atom stereocenters. The monoisotopic (exact) mass is 492 g/mol. The zero-order valence-electron chi connectivity index (χ0n) is 17.3. The highest BCUT2D eigenvalue weighted by Crippen LogP contribution is 2.30. The summed E-state index contributed by atoms with van der Waals surface area (Å²) in [5, 5.41) is 13.9. The topological polar surface area (TPSA) is 96.7 Å². The van der Waals surface area contributed by atoms with Crippen LogP contribution in [0.2, 0.25) is 5.02 Å². The van der Waals surface area contributed by atoms with E-state index in [1.54, 1.807) is 11.3 Å². The molecular formula is C21H21ClN4O4S2. The fourth-order valence-corrected chi connectivity index (χ4v) is 6.10. The summed E-state index contributed by atoms with van der Waals surface area (Å²) >= 11 is 7.36. The molecular weight excluding hydrogens is 472 g/mol. The van der Waals surface area contributed by atoms with E-state index in [-0.39, 0.29) is 23.0 Å². The van der Waals surface area contributed by atoms with Crippen molar-refractivity contribution in [3.05, 3.63) is 79.8 Å². The third kappa shape index (κ3) is 4.63. The Morgan fingerprint density at radius 2 is 1.88 bits per heavy atom. The van der Waals surface area contributed by atoms with Gasteiger partial charge in [-0.25, -0.2) is 13.4 Å². The number of aryl methyl sites for hydroxylation is 1. The van der Waals surface area contributed by atoms with Gasteiger partial charge < -0.3 is 4.90 Å². The van der Waals surface area contributed by atoms with Crippen LogP contribution in [0.3, 0.4) is 0 Å². The zero-order valence-corrected chi connectivity index (χ0v) is 19.7. The number of thiazole rings is 1.